The van der Waals surface area contributed by atoms with Crippen molar-refractivity contribution >= 4 is 0 Å². The van der Waals surface area contributed by atoms with Gasteiger partial charge in [0.05, 0.1) is 0 Å². The minimum atomic E-state index is -2.48. The molecule has 0 aromatic rings. The molecule has 98 valence electrons. The van der Waals surface area contributed by atoms with E-state index < -0.39 is 20.3 Å². The quantitative estimate of drug-likeness (QED) is 0.655. The SMILES string of the molecule is CC1=C(C)C(C)[C]([Hf]([CH3])([CH3])[NH]C(C)(C)C)=C1C. The first-order valence-corrected chi connectivity index (χ1v) is 17.4. The van der Waals surface area contributed by atoms with Gasteiger partial charge in [-0.15, -0.1) is 0 Å². The molecule has 0 bridgehead atoms. The van der Waals surface area contributed by atoms with E-state index in [0.29, 0.717) is 5.92 Å². The standard InChI is InChI=1S/C9H13.C4H10N.2CH3.Hf/c1-6-5-7(2)9(4)8(6)3;1-4(2,3)5;;;/h6H,1-4H3;5H,1-3H3;2*1H3;/q;-1;;;+1. The Morgan fingerprint density at radius 2 is 1.47 bits per heavy atom. The Hall–Kier alpha value is 0.310. The van der Waals surface area contributed by atoms with Crippen molar-refractivity contribution in [2.75, 3.05) is 0 Å². The molecule has 0 amide bonds. The second-order valence-corrected chi connectivity index (χ2v) is 21.6. The van der Waals surface area contributed by atoms with Gasteiger partial charge in [-0.1, -0.05) is 0 Å². The monoisotopic (exact) mass is 403 g/mol. The van der Waals surface area contributed by atoms with Crippen molar-refractivity contribution in [1.82, 2.24) is 3.30 Å². The average molecular weight is 402 g/mol. The Balaban J connectivity index is 3.11. The molecular weight excluding hydrogens is 373 g/mol. The summed E-state index contributed by atoms with van der Waals surface area (Å²) in [5, 5.41) is 0. The zero-order valence-corrected chi connectivity index (χ0v) is 16.7. The van der Waals surface area contributed by atoms with Crippen molar-refractivity contribution in [1.29, 1.82) is 0 Å². The first kappa shape index (κ1) is 15.4. The van der Waals surface area contributed by atoms with E-state index in [1.807, 2.05) is 0 Å². The van der Waals surface area contributed by atoms with Crippen LogP contribution in [-0.4, -0.2) is 5.54 Å². The van der Waals surface area contributed by atoms with Gasteiger partial charge < -0.3 is 0 Å². The van der Waals surface area contributed by atoms with E-state index in [-0.39, 0.29) is 5.54 Å². The van der Waals surface area contributed by atoms with Crippen LogP contribution in [0.25, 0.3) is 0 Å². The Morgan fingerprint density at radius 3 is 1.76 bits per heavy atom. The average Bonchev–Trinajstić information content (AvgIpc) is 2.27. The van der Waals surface area contributed by atoms with E-state index in [2.05, 4.69) is 61.1 Å². The van der Waals surface area contributed by atoms with E-state index >= 15 is 0 Å². The molecule has 0 radical (unpaired) electrons. The first-order chi connectivity index (χ1) is 7.47. The topological polar surface area (TPSA) is 12.0 Å². The molecule has 1 atom stereocenters. The van der Waals surface area contributed by atoms with Crippen LogP contribution in [0.1, 0.15) is 48.5 Å². The van der Waals surface area contributed by atoms with Crippen molar-refractivity contribution in [2.24, 2.45) is 5.92 Å². The molecule has 0 heterocycles. The molecule has 1 aliphatic carbocycles. The van der Waals surface area contributed by atoms with Crippen molar-refractivity contribution in [3.63, 3.8) is 0 Å². The number of rotatable bonds is 2. The maximum atomic E-state index is 3.98. The fourth-order valence-electron chi connectivity index (χ4n) is 3.38. The van der Waals surface area contributed by atoms with Gasteiger partial charge in [-0.2, -0.15) is 0 Å². The Kier molecular flexibility index (Phi) is 4.31. The molecule has 1 rings (SSSR count). The summed E-state index contributed by atoms with van der Waals surface area (Å²) in [6.07, 6.45) is 0. The van der Waals surface area contributed by atoms with Gasteiger partial charge in [0.25, 0.3) is 0 Å². The van der Waals surface area contributed by atoms with Crippen LogP contribution >= 0.6 is 0 Å². The summed E-state index contributed by atoms with van der Waals surface area (Å²) in [6, 6.07) is 0. The third-order valence-corrected chi connectivity index (χ3v) is 16.7. The Bertz CT molecular complexity index is 380. The number of hydrogen-bond acceptors (Lipinski definition) is 1. The predicted octanol–water partition coefficient (Wildman–Crippen LogP) is 4.80. The van der Waals surface area contributed by atoms with Crippen molar-refractivity contribution < 1.29 is 20.3 Å². The molecule has 1 aliphatic rings. The fourth-order valence-corrected chi connectivity index (χ4v) is 19.3. The normalized spacial score (nSPS) is 22.8. The molecule has 0 aromatic heterocycles. The van der Waals surface area contributed by atoms with Crippen molar-refractivity contribution in [3.8, 4) is 0 Å². The van der Waals surface area contributed by atoms with Crippen LogP contribution in [0, 0.1) is 5.92 Å². The number of hydrogen-bond donors (Lipinski definition) is 1. The van der Waals surface area contributed by atoms with E-state index in [1.54, 1.807) is 14.5 Å². The van der Waals surface area contributed by atoms with Gasteiger partial charge in [0.1, 0.15) is 0 Å². The van der Waals surface area contributed by atoms with E-state index in [4.69, 9.17) is 0 Å². The van der Waals surface area contributed by atoms with Gasteiger partial charge >= 0.3 is 113 Å². The second-order valence-electron chi connectivity index (χ2n) is 7.07. The van der Waals surface area contributed by atoms with Crippen molar-refractivity contribution in [3.05, 3.63) is 20.0 Å². The maximum absolute atomic E-state index is 3.98. The molecule has 0 aromatic carbocycles. The van der Waals surface area contributed by atoms with Gasteiger partial charge in [0, 0.05) is 0 Å². The molecule has 0 fully saturated rings. The summed E-state index contributed by atoms with van der Waals surface area (Å²) in [6.45, 7) is 16.2. The Morgan fingerprint density at radius 1 is 1.00 bits per heavy atom. The zero-order chi connectivity index (χ0) is 13.6. The summed E-state index contributed by atoms with van der Waals surface area (Å²) >= 11 is -2.48. The zero-order valence-electron chi connectivity index (χ0n) is 13.1. The Labute approximate surface area is 112 Å². The van der Waals surface area contributed by atoms with Gasteiger partial charge in [-0.25, -0.2) is 0 Å². The molecule has 1 unspecified atom stereocenters. The summed E-state index contributed by atoms with van der Waals surface area (Å²) in [5.41, 5.74) is 4.94. The third-order valence-electron chi connectivity index (χ3n) is 4.00. The van der Waals surface area contributed by atoms with Gasteiger partial charge in [-0.05, 0) is 0 Å². The van der Waals surface area contributed by atoms with Crippen LogP contribution in [0.15, 0.2) is 20.0 Å². The second kappa shape index (κ2) is 4.77. The fraction of sp³-hybridized carbons (Fsp3) is 0.733. The van der Waals surface area contributed by atoms with Gasteiger partial charge in [-0.3, -0.25) is 0 Å². The molecule has 1 N–H and O–H groups in total. The van der Waals surface area contributed by atoms with E-state index in [1.165, 1.54) is 5.57 Å². The summed E-state index contributed by atoms with van der Waals surface area (Å²) < 4.78 is 10.8. The van der Waals surface area contributed by atoms with Crippen LogP contribution in [0.4, 0.5) is 0 Å². The molecular formula is C15H29HfN. The molecule has 0 spiro atoms. The first-order valence-electron chi connectivity index (χ1n) is 6.65. The van der Waals surface area contributed by atoms with E-state index in [0.717, 1.165) is 0 Å². The molecule has 0 aliphatic heterocycles. The molecule has 2 heteroatoms. The third kappa shape index (κ3) is 3.20. The van der Waals surface area contributed by atoms with Gasteiger partial charge in [0.2, 0.25) is 0 Å². The van der Waals surface area contributed by atoms with Crippen LogP contribution in [0.3, 0.4) is 0 Å². The molecule has 0 saturated heterocycles. The molecule has 17 heavy (non-hydrogen) atoms. The molecule has 1 nitrogen and oxygen atoms in total. The summed E-state index contributed by atoms with van der Waals surface area (Å²) in [7, 11) is 0. The number of nitrogens with one attached hydrogen (secondary N) is 1. The number of allylic oxidation sites excluding steroid dienone is 4. The van der Waals surface area contributed by atoms with Crippen molar-refractivity contribution in [2.45, 2.75) is 63.4 Å². The van der Waals surface area contributed by atoms with E-state index in [9.17, 15) is 0 Å². The summed E-state index contributed by atoms with van der Waals surface area (Å²) in [5.74, 6) is 0.668. The summed E-state index contributed by atoms with van der Waals surface area (Å²) in [4.78, 5) is 0. The minimum absolute atomic E-state index is 0.239. The molecule has 0 saturated carbocycles. The van der Waals surface area contributed by atoms with Crippen LogP contribution in [-0.2, 0) is 20.3 Å². The van der Waals surface area contributed by atoms with Crippen LogP contribution in [0.5, 0.6) is 0 Å². The van der Waals surface area contributed by atoms with Gasteiger partial charge in [0.15, 0.2) is 0 Å². The van der Waals surface area contributed by atoms with Crippen LogP contribution < -0.4 is 3.30 Å². The van der Waals surface area contributed by atoms with Crippen LogP contribution in [0.2, 0.25) is 9.36 Å². The predicted molar refractivity (Wildman–Crippen MR) is 74.9 cm³/mol.